The summed E-state index contributed by atoms with van der Waals surface area (Å²) in [6.45, 7) is 2.46. The second-order valence-electron chi connectivity index (χ2n) is 3.00. The highest BCUT2D eigenvalue weighted by molar-refractivity contribution is 8.13. The SMILES string of the molecule is CCCCC(N)=O.O=C(O)C1CN=CS1. The molecular formula is C9H16N2O3S. The van der Waals surface area contributed by atoms with Crippen molar-refractivity contribution in [2.24, 2.45) is 10.7 Å². The minimum atomic E-state index is -0.771. The Morgan fingerprint density at radius 2 is 2.33 bits per heavy atom. The number of aliphatic carboxylic acids is 1. The molecule has 0 aliphatic carbocycles. The summed E-state index contributed by atoms with van der Waals surface area (Å²) in [6.07, 6.45) is 2.51. The molecule has 15 heavy (non-hydrogen) atoms. The molecule has 3 N–H and O–H groups in total. The number of amides is 1. The number of thioether (sulfide) groups is 1. The van der Waals surface area contributed by atoms with Gasteiger partial charge in [-0.15, -0.1) is 0 Å². The van der Waals surface area contributed by atoms with Crippen LogP contribution < -0.4 is 5.73 Å². The number of carbonyl (C=O) groups is 2. The van der Waals surface area contributed by atoms with E-state index in [0.717, 1.165) is 12.8 Å². The zero-order chi connectivity index (χ0) is 11.7. The zero-order valence-electron chi connectivity index (χ0n) is 8.68. The van der Waals surface area contributed by atoms with E-state index in [0.29, 0.717) is 13.0 Å². The number of aliphatic imine (C=N–C) groups is 1. The number of primary amides is 1. The van der Waals surface area contributed by atoms with Crippen LogP contribution in [0.25, 0.3) is 0 Å². The molecule has 0 aromatic carbocycles. The van der Waals surface area contributed by atoms with Crippen molar-refractivity contribution < 1.29 is 14.7 Å². The molecule has 5 nitrogen and oxygen atoms in total. The number of carboxylic acid groups (broad SMARTS) is 1. The second kappa shape index (κ2) is 8.28. The Hall–Kier alpha value is -1.04. The molecule has 0 bridgehead atoms. The fourth-order valence-electron chi connectivity index (χ4n) is 0.786. The highest BCUT2D eigenvalue weighted by Crippen LogP contribution is 2.13. The Labute approximate surface area is 93.1 Å². The van der Waals surface area contributed by atoms with E-state index in [9.17, 15) is 9.59 Å². The molecule has 6 heteroatoms. The van der Waals surface area contributed by atoms with E-state index in [1.165, 1.54) is 11.8 Å². The third kappa shape index (κ3) is 7.99. The van der Waals surface area contributed by atoms with Crippen LogP contribution in [0.4, 0.5) is 0 Å². The lowest BCUT2D eigenvalue weighted by atomic mass is 10.2. The second-order valence-corrected chi connectivity index (χ2v) is 4.06. The lowest BCUT2D eigenvalue weighted by Gasteiger charge is -1.95. The van der Waals surface area contributed by atoms with Crippen molar-refractivity contribution in [3.8, 4) is 0 Å². The monoisotopic (exact) mass is 232 g/mol. The Kier molecular flexibility index (Phi) is 7.71. The summed E-state index contributed by atoms with van der Waals surface area (Å²) in [5, 5.41) is 7.99. The summed E-state index contributed by atoms with van der Waals surface area (Å²) < 4.78 is 0. The number of nitrogens with zero attached hydrogens (tertiary/aromatic N) is 1. The van der Waals surface area contributed by atoms with Crippen molar-refractivity contribution in [3.63, 3.8) is 0 Å². The predicted octanol–water partition coefficient (Wildman–Crippen LogP) is 0.877. The quantitative estimate of drug-likeness (QED) is 0.752. The standard InChI is InChI=1S/C5H11NO.C4H5NO2S/c1-2-3-4-5(6)7;6-4(7)3-1-5-2-8-3/h2-4H2,1H3,(H2,6,7);2-3H,1H2,(H,6,7). The smallest absolute Gasteiger partial charge is 0.318 e. The van der Waals surface area contributed by atoms with Crippen LogP contribution in [0.3, 0.4) is 0 Å². The van der Waals surface area contributed by atoms with Gasteiger partial charge in [-0.25, -0.2) is 0 Å². The van der Waals surface area contributed by atoms with E-state index in [1.807, 2.05) is 6.92 Å². The molecule has 0 aromatic rings. The Bertz CT molecular complexity index is 236. The molecule has 0 saturated heterocycles. The first kappa shape index (κ1) is 14.0. The van der Waals surface area contributed by atoms with E-state index >= 15 is 0 Å². The van der Waals surface area contributed by atoms with Gasteiger partial charge in [0.1, 0.15) is 5.25 Å². The summed E-state index contributed by atoms with van der Waals surface area (Å²) >= 11 is 1.26. The molecule has 0 saturated carbocycles. The van der Waals surface area contributed by atoms with Crippen molar-refractivity contribution in [2.75, 3.05) is 6.54 Å². The van der Waals surface area contributed by atoms with Gasteiger partial charge in [-0.3, -0.25) is 14.6 Å². The molecule has 86 valence electrons. The van der Waals surface area contributed by atoms with Gasteiger partial charge < -0.3 is 10.8 Å². The van der Waals surface area contributed by atoms with Gasteiger partial charge in [-0.1, -0.05) is 25.1 Å². The number of hydrogen-bond donors (Lipinski definition) is 2. The lowest BCUT2D eigenvalue weighted by Crippen LogP contribution is -2.15. The van der Waals surface area contributed by atoms with Gasteiger partial charge in [-0.05, 0) is 6.42 Å². The maximum Gasteiger partial charge on any atom is 0.318 e. The number of hydrogen-bond acceptors (Lipinski definition) is 4. The number of carbonyl (C=O) groups excluding carboxylic acids is 1. The van der Waals surface area contributed by atoms with Gasteiger partial charge in [0.2, 0.25) is 5.91 Å². The summed E-state index contributed by atoms with van der Waals surface area (Å²) in [7, 11) is 0. The summed E-state index contributed by atoms with van der Waals surface area (Å²) in [4.78, 5) is 23.8. The molecule has 1 atom stereocenters. The number of nitrogens with two attached hydrogens (primary N) is 1. The maximum atomic E-state index is 10.1. The number of unbranched alkanes of at least 4 members (excludes halogenated alkanes) is 1. The molecule has 1 heterocycles. The lowest BCUT2D eigenvalue weighted by molar-refractivity contribution is -0.136. The van der Waals surface area contributed by atoms with E-state index in [1.54, 1.807) is 5.55 Å². The first-order chi connectivity index (χ1) is 7.07. The average Bonchev–Trinajstić information content (AvgIpc) is 2.68. The zero-order valence-corrected chi connectivity index (χ0v) is 9.50. The summed E-state index contributed by atoms with van der Waals surface area (Å²) in [6, 6.07) is 0. The van der Waals surface area contributed by atoms with Crippen LogP contribution in [0, 0.1) is 0 Å². The van der Waals surface area contributed by atoms with Crippen LogP contribution in [0.2, 0.25) is 0 Å². The molecule has 0 spiro atoms. The molecule has 1 amide bonds. The van der Waals surface area contributed by atoms with E-state index < -0.39 is 5.97 Å². The van der Waals surface area contributed by atoms with Crippen molar-refractivity contribution in [2.45, 2.75) is 31.4 Å². The third-order valence-electron chi connectivity index (χ3n) is 1.62. The van der Waals surface area contributed by atoms with Crippen LogP contribution in [0.1, 0.15) is 26.2 Å². The number of carboxylic acids is 1. The summed E-state index contributed by atoms with van der Waals surface area (Å²) in [5.74, 6) is -0.964. The third-order valence-corrected chi connectivity index (χ3v) is 2.57. The van der Waals surface area contributed by atoms with E-state index in [-0.39, 0.29) is 11.2 Å². The van der Waals surface area contributed by atoms with Crippen molar-refractivity contribution in [3.05, 3.63) is 0 Å². The molecular weight excluding hydrogens is 216 g/mol. The first-order valence-electron chi connectivity index (χ1n) is 4.72. The van der Waals surface area contributed by atoms with Gasteiger partial charge in [0, 0.05) is 6.42 Å². The summed E-state index contributed by atoms with van der Waals surface area (Å²) in [5.41, 5.74) is 6.42. The molecule has 1 aliphatic rings. The molecule has 1 rings (SSSR count). The Morgan fingerprint density at radius 1 is 1.67 bits per heavy atom. The van der Waals surface area contributed by atoms with Crippen LogP contribution in [0.15, 0.2) is 4.99 Å². The average molecular weight is 232 g/mol. The maximum absolute atomic E-state index is 10.1. The molecule has 0 radical (unpaired) electrons. The van der Waals surface area contributed by atoms with Crippen LogP contribution in [0.5, 0.6) is 0 Å². The van der Waals surface area contributed by atoms with Gasteiger partial charge in [0.05, 0.1) is 12.1 Å². The first-order valence-corrected chi connectivity index (χ1v) is 5.67. The van der Waals surface area contributed by atoms with Crippen LogP contribution in [-0.4, -0.2) is 34.3 Å². The fourth-order valence-corrected chi connectivity index (χ4v) is 1.39. The number of rotatable bonds is 4. The van der Waals surface area contributed by atoms with Gasteiger partial charge in [-0.2, -0.15) is 0 Å². The predicted molar refractivity (Wildman–Crippen MR) is 61.1 cm³/mol. The molecule has 0 fully saturated rings. The minimum Gasteiger partial charge on any atom is -0.480 e. The van der Waals surface area contributed by atoms with E-state index in [2.05, 4.69) is 4.99 Å². The van der Waals surface area contributed by atoms with Crippen LogP contribution >= 0.6 is 11.8 Å². The minimum absolute atomic E-state index is 0.193. The van der Waals surface area contributed by atoms with Crippen molar-refractivity contribution >= 4 is 29.2 Å². The van der Waals surface area contributed by atoms with Gasteiger partial charge >= 0.3 is 5.97 Å². The normalized spacial score (nSPS) is 18.1. The molecule has 0 aromatic heterocycles. The topological polar surface area (TPSA) is 92.8 Å². The van der Waals surface area contributed by atoms with Crippen LogP contribution in [-0.2, 0) is 9.59 Å². The Morgan fingerprint density at radius 3 is 2.53 bits per heavy atom. The van der Waals surface area contributed by atoms with Crippen molar-refractivity contribution in [1.82, 2.24) is 0 Å². The fraction of sp³-hybridized carbons (Fsp3) is 0.667. The highest BCUT2D eigenvalue weighted by Gasteiger charge is 2.19. The largest absolute Gasteiger partial charge is 0.480 e. The van der Waals surface area contributed by atoms with Crippen molar-refractivity contribution in [1.29, 1.82) is 0 Å². The molecule has 1 unspecified atom stereocenters. The van der Waals surface area contributed by atoms with Gasteiger partial charge in [0.15, 0.2) is 0 Å². The molecule has 1 aliphatic heterocycles. The highest BCUT2D eigenvalue weighted by atomic mass is 32.2. The van der Waals surface area contributed by atoms with Gasteiger partial charge in [0.25, 0.3) is 0 Å². The van der Waals surface area contributed by atoms with E-state index in [4.69, 9.17) is 10.8 Å². The Balaban J connectivity index is 0.000000265.